The molecule has 0 aromatic heterocycles. The van der Waals surface area contributed by atoms with Gasteiger partial charge in [-0.15, -0.1) is 0 Å². The van der Waals surface area contributed by atoms with Crippen LogP contribution in [0.4, 0.5) is 4.79 Å². The number of carbonyl (C=O) groups is 1. The Labute approximate surface area is 84.2 Å². The van der Waals surface area contributed by atoms with Crippen LogP contribution >= 0.6 is 0 Å². The summed E-state index contributed by atoms with van der Waals surface area (Å²) >= 11 is 0. The van der Waals surface area contributed by atoms with Gasteiger partial charge in [-0.2, -0.15) is 0 Å². The number of hydrogen-bond acceptors (Lipinski definition) is 2. The summed E-state index contributed by atoms with van der Waals surface area (Å²) < 4.78 is 5.46. The average molecular weight is 199 g/mol. The van der Waals surface area contributed by atoms with Crippen LogP contribution in [-0.2, 0) is 4.74 Å². The largest absolute Gasteiger partial charge is 0.465 e. The smallest absolute Gasteiger partial charge is 0.409 e. The summed E-state index contributed by atoms with van der Waals surface area (Å²) in [4.78, 5) is 12.2. The van der Waals surface area contributed by atoms with E-state index < -0.39 is 6.09 Å². The number of piperidine rings is 1. The van der Waals surface area contributed by atoms with E-state index in [1.165, 1.54) is 4.90 Å². The van der Waals surface area contributed by atoms with Crippen LogP contribution in [0, 0.1) is 0 Å². The molecule has 1 amide bonds. The molecule has 0 saturated carbocycles. The van der Waals surface area contributed by atoms with Gasteiger partial charge in [-0.1, -0.05) is 12.2 Å². The Morgan fingerprint density at radius 1 is 1.64 bits per heavy atom. The van der Waals surface area contributed by atoms with Gasteiger partial charge in [0.15, 0.2) is 0 Å². The van der Waals surface area contributed by atoms with Gasteiger partial charge in [0.25, 0.3) is 0 Å². The zero-order valence-corrected chi connectivity index (χ0v) is 8.53. The monoisotopic (exact) mass is 199 g/mol. The van der Waals surface area contributed by atoms with E-state index in [2.05, 4.69) is 6.58 Å². The van der Waals surface area contributed by atoms with Gasteiger partial charge in [0.05, 0.1) is 6.61 Å². The molecule has 0 aromatic carbocycles. The fourth-order valence-electron chi connectivity index (χ4n) is 1.53. The van der Waals surface area contributed by atoms with Gasteiger partial charge in [-0.25, -0.2) is 4.79 Å². The van der Waals surface area contributed by atoms with Crippen molar-refractivity contribution in [2.45, 2.75) is 32.4 Å². The number of ether oxygens (including phenoxy) is 1. The lowest BCUT2D eigenvalue weighted by Crippen LogP contribution is -2.44. The molecule has 1 saturated heterocycles. The van der Waals surface area contributed by atoms with Gasteiger partial charge in [-0.05, 0) is 26.2 Å². The molecule has 4 nitrogen and oxygen atoms in total. The highest BCUT2D eigenvalue weighted by molar-refractivity contribution is 5.65. The Bertz CT molecular complexity index is 227. The van der Waals surface area contributed by atoms with Crippen molar-refractivity contribution in [1.29, 1.82) is 0 Å². The molecular formula is C10H17NO3. The molecular weight excluding hydrogens is 182 g/mol. The van der Waals surface area contributed by atoms with Crippen LogP contribution in [0.15, 0.2) is 12.2 Å². The highest BCUT2D eigenvalue weighted by atomic mass is 16.5. The first-order valence-electron chi connectivity index (χ1n) is 4.87. The lowest BCUT2D eigenvalue weighted by molar-refractivity contribution is -0.0580. The molecule has 14 heavy (non-hydrogen) atoms. The van der Waals surface area contributed by atoms with Crippen molar-refractivity contribution in [3.05, 3.63) is 12.2 Å². The van der Waals surface area contributed by atoms with Gasteiger partial charge < -0.3 is 9.84 Å². The third kappa shape index (κ3) is 3.03. The van der Waals surface area contributed by atoms with Gasteiger partial charge in [0, 0.05) is 6.54 Å². The number of amides is 1. The second-order valence-corrected chi connectivity index (χ2v) is 3.69. The average Bonchev–Trinajstić information content (AvgIpc) is 2.15. The number of hydrogen-bond donors (Lipinski definition) is 1. The number of nitrogens with zero attached hydrogens (tertiary/aromatic N) is 1. The predicted octanol–water partition coefficient (Wildman–Crippen LogP) is 2.07. The molecule has 0 aliphatic carbocycles. The standard InChI is InChI=1S/C10H17NO3/c1-8(2)7-14-9-5-3-4-6-11(9)10(12)13/h9H,1,3-7H2,2H3,(H,12,13). The molecule has 0 spiro atoms. The van der Waals surface area contributed by atoms with E-state index in [9.17, 15) is 4.79 Å². The second-order valence-electron chi connectivity index (χ2n) is 3.69. The van der Waals surface area contributed by atoms with Crippen LogP contribution in [0.5, 0.6) is 0 Å². The summed E-state index contributed by atoms with van der Waals surface area (Å²) in [6.45, 7) is 6.61. The van der Waals surface area contributed by atoms with E-state index in [1.54, 1.807) is 0 Å². The molecule has 1 unspecified atom stereocenters. The van der Waals surface area contributed by atoms with E-state index in [0.29, 0.717) is 13.2 Å². The van der Waals surface area contributed by atoms with Gasteiger partial charge in [-0.3, -0.25) is 4.90 Å². The fourth-order valence-corrected chi connectivity index (χ4v) is 1.53. The molecule has 1 rings (SSSR count). The maximum atomic E-state index is 10.8. The van der Waals surface area contributed by atoms with Gasteiger partial charge >= 0.3 is 6.09 Å². The molecule has 1 aliphatic heterocycles. The van der Waals surface area contributed by atoms with Crippen molar-refractivity contribution in [2.24, 2.45) is 0 Å². The lowest BCUT2D eigenvalue weighted by atomic mass is 10.1. The van der Waals surface area contributed by atoms with Crippen molar-refractivity contribution >= 4 is 6.09 Å². The molecule has 80 valence electrons. The summed E-state index contributed by atoms with van der Waals surface area (Å²) in [6, 6.07) is 0. The first-order valence-corrected chi connectivity index (χ1v) is 4.87. The quantitative estimate of drug-likeness (QED) is 0.708. The van der Waals surface area contributed by atoms with Crippen LogP contribution in [0.3, 0.4) is 0 Å². The Balaban J connectivity index is 2.45. The third-order valence-electron chi connectivity index (χ3n) is 2.22. The first-order chi connectivity index (χ1) is 6.61. The fraction of sp³-hybridized carbons (Fsp3) is 0.700. The van der Waals surface area contributed by atoms with Crippen molar-refractivity contribution in [2.75, 3.05) is 13.2 Å². The van der Waals surface area contributed by atoms with E-state index >= 15 is 0 Å². The van der Waals surface area contributed by atoms with Gasteiger partial charge in [0.1, 0.15) is 6.23 Å². The van der Waals surface area contributed by atoms with Crippen LogP contribution in [0.2, 0.25) is 0 Å². The summed E-state index contributed by atoms with van der Waals surface area (Å²) in [7, 11) is 0. The van der Waals surface area contributed by atoms with Crippen molar-refractivity contribution in [1.82, 2.24) is 4.90 Å². The maximum absolute atomic E-state index is 10.8. The topological polar surface area (TPSA) is 49.8 Å². The van der Waals surface area contributed by atoms with Gasteiger partial charge in [0.2, 0.25) is 0 Å². The molecule has 1 fully saturated rings. The Morgan fingerprint density at radius 2 is 2.36 bits per heavy atom. The van der Waals surface area contributed by atoms with E-state index in [4.69, 9.17) is 9.84 Å². The van der Waals surface area contributed by atoms with Crippen LogP contribution in [0.25, 0.3) is 0 Å². The van der Waals surface area contributed by atoms with Crippen LogP contribution < -0.4 is 0 Å². The Morgan fingerprint density at radius 3 is 2.93 bits per heavy atom. The zero-order valence-electron chi connectivity index (χ0n) is 8.53. The second kappa shape index (κ2) is 5.00. The molecule has 1 aliphatic rings. The minimum Gasteiger partial charge on any atom is -0.465 e. The first kappa shape index (κ1) is 11.0. The van der Waals surface area contributed by atoms with Crippen molar-refractivity contribution in [3.8, 4) is 0 Å². The minimum absolute atomic E-state index is 0.280. The third-order valence-corrected chi connectivity index (χ3v) is 2.22. The highest BCUT2D eigenvalue weighted by Crippen LogP contribution is 2.18. The number of likely N-dealkylation sites (tertiary alicyclic amines) is 1. The maximum Gasteiger partial charge on any atom is 0.409 e. The van der Waals surface area contributed by atoms with E-state index in [0.717, 1.165) is 24.8 Å². The van der Waals surface area contributed by atoms with E-state index in [1.807, 2.05) is 6.92 Å². The number of carboxylic acid groups (broad SMARTS) is 1. The number of rotatable bonds is 3. The molecule has 0 bridgehead atoms. The summed E-state index contributed by atoms with van der Waals surface area (Å²) in [5, 5.41) is 8.90. The predicted molar refractivity (Wildman–Crippen MR) is 53.1 cm³/mol. The summed E-state index contributed by atoms with van der Waals surface area (Å²) in [5.74, 6) is 0. The normalized spacial score (nSPS) is 22.1. The molecule has 4 heteroatoms. The molecule has 1 N–H and O–H groups in total. The molecule has 1 atom stereocenters. The minimum atomic E-state index is -0.892. The molecule has 0 radical (unpaired) electrons. The SMILES string of the molecule is C=C(C)COC1CCCCN1C(=O)O. The Hall–Kier alpha value is -1.03. The van der Waals surface area contributed by atoms with Crippen LogP contribution in [-0.4, -0.2) is 35.5 Å². The molecule has 0 aromatic rings. The van der Waals surface area contributed by atoms with Crippen LogP contribution in [0.1, 0.15) is 26.2 Å². The summed E-state index contributed by atoms with van der Waals surface area (Å²) in [6.07, 6.45) is 1.58. The Kier molecular flexibility index (Phi) is 3.95. The van der Waals surface area contributed by atoms with Crippen molar-refractivity contribution in [3.63, 3.8) is 0 Å². The molecule has 1 heterocycles. The van der Waals surface area contributed by atoms with Crippen molar-refractivity contribution < 1.29 is 14.6 Å². The lowest BCUT2D eigenvalue weighted by Gasteiger charge is -2.33. The highest BCUT2D eigenvalue weighted by Gasteiger charge is 2.26. The zero-order chi connectivity index (χ0) is 10.6. The summed E-state index contributed by atoms with van der Waals surface area (Å²) in [5.41, 5.74) is 0.918. The van der Waals surface area contributed by atoms with E-state index in [-0.39, 0.29) is 6.23 Å².